The Kier molecular flexibility index (Phi) is 3.43. The summed E-state index contributed by atoms with van der Waals surface area (Å²) in [5, 5.41) is 13.7. The van der Waals surface area contributed by atoms with Crippen molar-refractivity contribution in [1.29, 1.82) is 0 Å². The van der Waals surface area contributed by atoms with Crippen molar-refractivity contribution >= 4 is 32.5 Å². The summed E-state index contributed by atoms with van der Waals surface area (Å²) in [5.41, 5.74) is 4.92. The Labute approximate surface area is 141 Å². The zero-order valence-corrected chi connectivity index (χ0v) is 13.8. The maximum atomic E-state index is 10.9. The monoisotopic (exact) mass is 372 g/mol. The van der Waals surface area contributed by atoms with Crippen LogP contribution in [0.15, 0.2) is 46.9 Å². The lowest BCUT2D eigenvalue weighted by Crippen LogP contribution is -2.30. The minimum atomic E-state index is -0.121. The van der Waals surface area contributed by atoms with Crippen LogP contribution in [0.3, 0.4) is 0 Å². The number of aromatic nitrogens is 1. The molecule has 4 rings (SSSR count). The largest absolute Gasteiger partial charge is 0.357 e. The highest BCUT2D eigenvalue weighted by Crippen LogP contribution is 2.34. The van der Waals surface area contributed by atoms with E-state index >= 15 is 0 Å². The summed E-state index contributed by atoms with van der Waals surface area (Å²) in [6.45, 7) is 0.895. The molecular weight excluding hydrogens is 358 g/mol. The van der Waals surface area contributed by atoms with Crippen molar-refractivity contribution in [2.45, 2.75) is 12.5 Å². The zero-order chi connectivity index (χ0) is 16.0. The first kappa shape index (κ1) is 14.4. The number of aromatic amines is 1. The van der Waals surface area contributed by atoms with Gasteiger partial charge in [0, 0.05) is 39.7 Å². The third-order valence-corrected chi connectivity index (χ3v) is 4.85. The number of fused-ring (bicyclic) bond motifs is 3. The van der Waals surface area contributed by atoms with Crippen molar-refractivity contribution in [3.8, 4) is 0 Å². The molecule has 0 aliphatic carbocycles. The minimum absolute atomic E-state index is 0.0535. The van der Waals surface area contributed by atoms with Crippen LogP contribution in [0.4, 0.5) is 5.69 Å². The number of nitrogens with zero attached hydrogens (tertiary/aromatic N) is 1. The van der Waals surface area contributed by atoms with Gasteiger partial charge in [-0.15, -0.1) is 0 Å². The van der Waals surface area contributed by atoms with Crippen LogP contribution in [0, 0.1) is 4.91 Å². The van der Waals surface area contributed by atoms with Crippen LogP contribution in [0.5, 0.6) is 0 Å². The molecule has 0 fully saturated rings. The van der Waals surface area contributed by atoms with Gasteiger partial charge in [0.05, 0.1) is 10.9 Å². The molecule has 23 heavy (non-hydrogen) atoms. The lowest BCUT2D eigenvalue weighted by Gasteiger charge is -2.24. The second-order valence-corrected chi connectivity index (χ2v) is 6.62. The number of hydrogen-bond acceptors (Lipinski definition) is 2. The Balaban J connectivity index is 1.81. The van der Waals surface area contributed by atoms with Gasteiger partial charge in [-0.3, -0.25) is 0 Å². The molecule has 1 aromatic heterocycles. The standard InChI is InChI=1S/C17H15BrN3O2/c18-11-3-6-15-14(9-11)13-7-8-19-16(17(13)20-15)10-1-4-12(5-2-10)21(22)23/h1-6,9,16,19-20H,7-8H2,(H,22,23)/q+1. The quantitative estimate of drug-likeness (QED) is 0.596. The van der Waals surface area contributed by atoms with Crippen molar-refractivity contribution in [3.05, 3.63) is 68.7 Å². The first-order valence-electron chi connectivity index (χ1n) is 7.43. The van der Waals surface area contributed by atoms with Gasteiger partial charge >= 0.3 is 5.69 Å². The number of halogens is 1. The lowest BCUT2D eigenvalue weighted by molar-refractivity contribution is -0.729. The molecule has 1 aliphatic heterocycles. The highest BCUT2D eigenvalue weighted by atomic mass is 79.9. The summed E-state index contributed by atoms with van der Waals surface area (Å²) in [6, 6.07) is 13.3. The first-order valence-corrected chi connectivity index (χ1v) is 8.22. The predicted molar refractivity (Wildman–Crippen MR) is 91.1 cm³/mol. The molecule has 0 amide bonds. The molecule has 0 radical (unpaired) electrons. The maximum absolute atomic E-state index is 10.9. The molecule has 2 heterocycles. The maximum Gasteiger partial charge on any atom is 0.316 e. The van der Waals surface area contributed by atoms with Crippen LogP contribution in [0.2, 0.25) is 0 Å². The van der Waals surface area contributed by atoms with E-state index in [0.717, 1.165) is 28.5 Å². The zero-order valence-electron chi connectivity index (χ0n) is 12.2. The van der Waals surface area contributed by atoms with Gasteiger partial charge in [0.15, 0.2) is 0 Å². The average molecular weight is 373 g/mol. The molecule has 0 saturated heterocycles. The highest BCUT2D eigenvalue weighted by Gasteiger charge is 2.25. The third-order valence-electron chi connectivity index (χ3n) is 4.36. The molecule has 116 valence electrons. The lowest BCUT2D eigenvalue weighted by atomic mass is 9.94. The number of hydrogen-bond donors (Lipinski definition) is 3. The first-order chi connectivity index (χ1) is 11.1. The van der Waals surface area contributed by atoms with E-state index in [1.54, 1.807) is 12.1 Å². The fourth-order valence-electron chi connectivity index (χ4n) is 3.28. The molecule has 6 heteroatoms. The van der Waals surface area contributed by atoms with Crippen LogP contribution in [0.25, 0.3) is 10.9 Å². The van der Waals surface area contributed by atoms with Gasteiger partial charge in [-0.25, -0.2) is 5.21 Å². The fourth-order valence-corrected chi connectivity index (χ4v) is 3.64. The van der Waals surface area contributed by atoms with E-state index in [4.69, 9.17) is 5.21 Å². The van der Waals surface area contributed by atoms with E-state index in [9.17, 15) is 4.91 Å². The normalized spacial score (nSPS) is 17.2. The molecular formula is C17H15BrN3O2+. The van der Waals surface area contributed by atoms with Gasteiger partial charge in [-0.1, -0.05) is 28.1 Å². The van der Waals surface area contributed by atoms with Crippen molar-refractivity contribution in [2.75, 3.05) is 6.54 Å². The summed E-state index contributed by atoms with van der Waals surface area (Å²) < 4.78 is 1.07. The molecule has 1 atom stereocenters. The summed E-state index contributed by atoms with van der Waals surface area (Å²) in [5.74, 6) is 0. The second-order valence-electron chi connectivity index (χ2n) is 5.71. The summed E-state index contributed by atoms with van der Waals surface area (Å²) in [7, 11) is 0. The molecule has 1 aliphatic rings. The van der Waals surface area contributed by atoms with Crippen molar-refractivity contribution < 1.29 is 10.1 Å². The van der Waals surface area contributed by atoms with Crippen molar-refractivity contribution in [3.63, 3.8) is 0 Å². The molecule has 0 bridgehead atoms. The van der Waals surface area contributed by atoms with E-state index in [-0.39, 0.29) is 16.7 Å². The third kappa shape index (κ3) is 2.44. The smallest absolute Gasteiger partial charge is 0.316 e. The number of H-pyrrole nitrogens is 1. The Morgan fingerprint density at radius 3 is 2.70 bits per heavy atom. The van der Waals surface area contributed by atoms with Gasteiger partial charge in [-0.05, 0) is 35.7 Å². The Morgan fingerprint density at radius 1 is 1.17 bits per heavy atom. The van der Waals surface area contributed by atoms with Gasteiger partial charge < -0.3 is 10.3 Å². The number of rotatable bonds is 2. The summed E-state index contributed by atoms with van der Waals surface area (Å²) in [4.78, 5) is 14.3. The predicted octanol–water partition coefficient (Wildman–Crippen LogP) is 3.97. The van der Waals surface area contributed by atoms with E-state index in [0.29, 0.717) is 0 Å². The molecule has 3 N–H and O–H groups in total. The Bertz CT molecular complexity index is 902. The Hall–Kier alpha value is -2.18. The molecule has 1 unspecified atom stereocenters. The van der Waals surface area contributed by atoms with Crippen LogP contribution in [-0.4, -0.2) is 21.7 Å². The van der Waals surface area contributed by atoms with E-state index in [1.165, 1.54) is 16.6 Å². The van der Waals surface area contributed by atoms with Crippen LogP contribution in [0.1, 0.15) is 22.9 Å². The SMILES string of the molecule is O=[N+](O)c1ccc(C2NCCc3c2[nH]c2ccc(Br)cc32)cc1. The Morgan fingerprint density at radius 2 is 1.96 bits per heavy atom. The van der Waals surface area contributed by atoms with Crippen LogP contribution in [-0.2, 0) is 6.42 Å². The average Bonchev–Trinajstić information content (AvgIpc) is 2.93. The molecule has 2 aromatic carbocycles. The van der Waals surface area contributed by atoms with Crippen LogP contribution >= 0.6 is 15.9 Å². The van der Waals surface area contributed by atoms with E-state index in [1.807, 2.05) is 18.2 Å². The minimum Gasteiger partial charge on any atom is -0.357 e. The summed E-state index contributed by atoms with van der Waals surface area (Å²) in [6.07, 6.45) is 0.978. The molecule has 0 spiro atoms. The van der Waals surface area contributed by atoms with Crippen molar-refractivity contribution in [1.82, 2.24) is 10.3 Å². The highest BCUT2D eigenvalue weighted by molar-refractivity contribution is 9.10. The van der Waals surface area contributed by atoms with E-state index in [2.05, 4.69) is 38.4 Å². The topological polar surface area (TPSA) is 68.1 Å². The van der Waals surface area contributed by atoms with Gasteiger partial charge in [-0.2, -0.15) is 0 Å². The van der Waals surface area contributed by atoms with E-state index < -0.39 is 0 Å². The number of benzene rings is 2. The summed E-state index contributed by atoms with van der Waals surface area (Å²) >= 11 is 3.54. The number of nitrogens with one attached hydrogen (secondary N) is 2. The fraction of sp³-hybridized carbons (Fsp3) is 0.176. The second kappa shape index (κ2) is 5.47. The molecule has 5 nitrogen and oxygen atoms in total. The van der Waals surface area contributed by atoms with Gasteiger partial charge in [0.25, 0.3) is 4.92 Å². The molecule has 3 aromatic rings. The van der Waals surface area contributed by atoms with Crippen LogP contribution < -0.4 is 5.32 Å². The molecule has 0 saturated carbocycles. The van der Waals surface area contributed by atoms with Gasteiger partial charge in [0.1, 0.15) is 0 Å². The van der Waals surface area contributed by atoms with Crippen molar-refractivity contribution in [2.24, 2.45) is 0 Å². The van der Waals surface area contributed by atoms with Gasteiger partial charge in [0.2, 0.25) is 0 Å².